The summed E-state index contributed by atoms with van der Waals surface area (Å²) in [7, 11) is 0. The highest BCUT2D eigenvalue weighted by Gasteiger charge is 2.26. The smallest absolute Gasteiger partial charge is 0.289 e. The van der Waals surface area contributed by atoms with Crippen LogP contribution in [0.5, 0.6) is 5.75 Å². The fourth-order valence-electron chi connectivity index (χ4n) is 3.27. The topological polar surface area (TPSA) is 63.0 Å². The highest BCUT2D eigenvalue weighted by molar-refractivity contribution is 5.92. The second kappa shape index (κ2) is 7.53. The number of furan rings is 1. The molecule has 2 amide bonds. The van der Waals surface area contributed by atoms with Gasteiger partial charge in [0, 0.05) is 31.6 Å². The minimum absolute atomic E-state index is 0.0138. The van der Waals surface area contributed by atoms with E-state index in [1.807, 2.05) is 42.5 Å². The Morgan fingerprint density at radius 2 is 1.63 bits per heavy atom. The molecule has 1 saturated heterocycles. The van der Waals surface area contributed by atoms with Gasteiger partial charge in [0.15, 0.2) is 12.4 Å². The molecule has 4 rings (SSSR count). The predicted molar refractivity (Wildman–Crippen MR) is 101 cm³/mol. The first-order valence-corrected chi connectivity index (χ1v) is 8.93. The highest BCUT2D eigenvalue weighted by atomic mass is 16.5. The lowest BCUT2D eigenvalue weighted by Gasteiger charge is -2.34. The number of hydrogen-bond donors (Lipinski definition) is 0. The maximum atomic E-state index is 12.5. The van der Waals surface area contributed by atoms with Gasteiger partial charge in [-0.1, -0.05) is 36.4 Å². The average molecular weight is 364 g/mol. The number of hydrogen-bond acceptors (Lipinski definition) is 4. The van der Waals surface area contributed by atoms with E-state index in [0.29, 0.717) is 37.7 Å². The number of carbonyl (C=O) groups is 2. The van der Waals surface area contributed by atoms with E-state index in [2.05, 4.69) is 0 Å². The van der Waals surface area contributed by atoms with Gasteiger partial charge in [-0.25, -0.2) is 0 Å². The first-order valence-electron chi connectivity index (χ1n) is 8.93. The molecule has 2 heterocycles. The van der Waals surface area contributed by atoms with E-state index in [4.69, 9.17) is 9.15 Å². The van der Waals surface area contributed by atoms with Gasteiger partial charge >= 0.3 is 0 Å². The minimum atomic E-state index is -0.140. The van der Waals surface area contributed by atoms with Crippen LogP contribution in [0, 0.1) is 0 Å². The summed E-state index contributed by atoms with van der Waals surface area (Å²) < 4.78 is 10.9. The van der Waals surface area contributed by atoms with Crippen molar-refractivity contribution in [3.63, 3.8) is 0 Å². The number of amides is 2. The Kier molecular flexibility index (Phi) is 4.78. The zero-order valence-corrected chi connectivity index (χ0v) is 14.8. The Hall–Kier alpha value is -3.28. The van der Waals surface area contributed by atoms with Crippen LogP contribution in [0.3, 0.4) is 0 Å². The lowest BCUT2D eigenvalue weighted by Crippen LogP contribution is -2.51. The summed E-state index contributed by atoms with van der Waals surface area (Å²) in [6, 6.07) is 17.1. The normalized spacial score (nSPS) is 14.4. The van der Waals surface area contributed by atoms with Crippen LogP contribution in [0.25, 0.3) is 10.8 Å². The van der Waals surface area contributed by atoms with Crippen molar-refractivity contribution in [1.29, 1.82) is 0 Å². The van der Waals surface area contributed by atoms with Crippen molar-refractivity contribution in [3.05, 3.63) is 66.6 Å². The molecule has 27 heavy (non-hydrogen) atoms. The summed E-state index contributed by atoms with van der Waals surface area (Å²) in [5.74, 6) is 0.814. The molecule has 0 unspecified atom stereocenters. The van der Waals surface area contributed by atoms with Gasteiger partial charge < -0.3 is 19.0 Å². The van der Waals surface area contributed by atoms with Crippen LogP contribution in [0.15, 0.2) is 65.3 Å². The zero-order chi connectivity index (χ0) is 18.6. The molecule has 6 heteroatoms. The van der Waals surface area contributed by atoms with Gasteiger partial charge in [-0.2, -0.15) is 0 Å². The quantitative estimate of drug-likeness (QED) is 0.714. The first-order chi connectivity index (χ1) is 13.2. The van der Waals surface area contributed by atoms with Crippen LogP contribution in [0.2, 0.25) is 0 Å². The largest absolute Gasteiger partial charge is 0.483 e. The van der Waals surface area contributed by atoms with E-state index < -0.39 is 0 Å². The van der Waals surface area contributed by atoms with Crippen molar-refractivity contribution in [1.82, 2.24) is 9.80 Å². The van der Waals surface area contributed by atoms with Gasteiger partial charge in [-0.05, 0) is 23.6 Å². The molecule has 3 aromatic rings. The maximum absolute atomic E-state index is 12.5. The number of fused-ring (bicyclic) bond motifs is 1. The van der Waals surface area contributed by atoms with Crippen molar-refractivity contribution in [2.45, 2.75) is 0 Å². The summed E-state index contributed by atoms with van der Waals surface area (Å²) in [5.41, 5.74) is 0. The van der Waals surface area contributed by atoms with E-state index in [1.54, 1.807) is 21.9 Å². The third kappa shape index (κ3) is 3.65. The summed E-state index contributed by atoms with van der Waals surface area (Å²) in [6.45, 7) is 1.94. The fraction of sp³-hybridized carbons (Fsp3) is 0.238. The Morgan fingerprint density at radius 3 is 2.41 bits per heavy atom. The van der Waals surface area contributed by atoms with Crippen molar-refractivity contribution in [2.24, 2.45) is 0 Å². The molecular formula is C21H20N2O4. The highest BCUT2D eigenvalue weighted by Crippen LogP contribution is 2.25. The van der Waals surface area contributed by atoms with Crippen molar-refractivity contribution in [2.75, 3.05) is 32.8 Å². The third-order valence-electron chi connectivity index (χ3n) is 4.75. The van der Waals surface area contributed by atoms with Crippen LogP contribution >= 0.6 is 0 Å². The van der Waals surface area contributed by atoms with Crippen LogP contribution in [0.4, 0.5) is 0 Å². The van der Waals surface area contributed by atoms with Gasteiger partial charge in [0.2, 0.25) is 0 Å². The standard InChI is InChI=1S/C21H20N2O4/c24-20(15-27-18-8-3-6-16-5-1-2-7-17(16)18)22-10-12-23(13-11-22)21(25)19-9-4-14-26-19/h1-9,14H,10-13,15H2. The SMILES string of the molecule is O=C(COc1cccc2ccccc12)N1CCN(C(=O)c2ccco2)CC1. The molecule has 0 atom stereocenters. The van der Waals surface area contributed by atoms with Crippen LogP contribution < -0.4 is 4.74 Å². The lowest BCUT2D eigenvalue weighted by atomic mass is 10.1. The summed E-state index contributed by atoms with van der Waals surface area (Å²) in [4.78, 5) is 28.2. The number of nitrogens with zero attached hydrogens (tertiary/aromatic N) is 2. The second-order valence-corrected chi connectivity index (χ2v) is 6.42. The number of carbonyl (C=O) groups excluding carboxylic acids is 2. The van der Waals surface area contributed by atoms with Gasteiger partial charge in [-0.3, -0.25) is 9.59 Å². The molecular weight excluding hydrogens is 344 g/mol. The molecule has 1 fully saturated rings. The van der Waals surface area contributed by atoms with Crippen LogP contribution in [0.1, 0.15) is 10.6 Å². The van der Waals surface area contributed by atoms with Crippen molar-refractivity contribution in [3.8, 4) is 5.75 Å². The molecule has 0 aliphatic carbocycles. The fourth-order valence-corrected chi connectivity index (χ4v) is 3.27. The molecule has 1 aliphatic rings. The molecule has 138 valence electrons. The number of benzene rings is 2. The Morgan fingerprint density at radius 1 is 0.889 bits per heavy atom. The number of ether oxygens (including phenoxy) is 1. The third-order valence-corrected chi connectivity index (χ3v) is 4.75. The van der Waals surface area contributed by atoms with Crippen LogP contribution in [-0.2, 0) is 4.79 Å². The van der Waals surface area contributed by atoms with Gasteiger partial charge in [-0.15, -0.1) is 0 Å². The Labute approximate surface area is 156 Å². The second-order valence-electron chi connectivity index (χ2n) is 6.42. The van der Waals surface area contributed by atoms with E-state index in [1.165, 1.54) is 6.26 Å². The van der Waals surface area contributed by atoms with Crippen LogP contribution in [-0.4, -0.2) is 54.4 Å². The van der Waals surface area contributed by atoms with Gasteiger partial charge in [0.05, 0.1) is 6.26 Å². The molecule has 6 nitrogen and oxygen atoms in total. The van der Waals surface area contributed by atoms with Crippen molar-refractivity contribution < 1.29 is 18.7 Å². The molecule has 1 aromatic heterocycles. The number of rotatable bonds is 4. The van der Waals surface area contributed by atoms with Crippen molar-refractivity contribution >= 4 is 22.6 Å². The predicted octanol–water partition coefficient (Wildman–Crippen LogP) is 2.80. The summed E-state index contributed by atoms with van der Waals surface area (Å²) in [6.07, 6.45) is 1.48. The minimum Gasteiger partial charge on any atom is -0.483 e. The van der Waals surface area contributed by atoms with E-state index >= 15 is 0 Å². The molecule has 0 N–H and O–H groups in total. The molecule has 2 aromatic carbocycles. The molecule has 0 saturated carbocycles. The van der Waals surface area contributed by atoms with E-state index in [9.17, 15) is 9.59 Å². The molecule has 0 radical (unpaired) electrons. The first kappa shape index (κ1) is 17.1. The van der Waals surface area contributed by atoms with E-state index in [-0.39, 0.29) is 18.4 Å². The summed E-state index contributed by atoms with van der Waals surface area (Å²) in [5, 5.41) is 2.06. The Bertz CT molecular complexity index is 938. The maximum Gasteiger partial charge on any atom is 0.289 e. The monoisotopic (exact) mass is 364 g/mol. The zero-order valence-electron chi connectivity index (χ0n) is 14.8. The lowest BCUT2D eigenvalue weighted by molar-refractivity contribution is -0.134. The summed E-state index contributed by atoms with van der Waals surface area (Å²) >= 11 is 0. The molecule has 0 bridgehead atoms. The van der Waals surface area contributed by atoms with Gasteiger partial charge in [0.25, 0.3) is 11.8 Å². The molecule has 0 spiro atoms. The van der Waals surface area contributed by atoms with E-state index in [0.717, 1.165) is 10.8 Å². The average Bonchev–Trinajstić information content (AvgIpc) is 3.26. The number of piperazine rings is 1. The molecule has 1 aliphatic heterocycles. The van der Waals surface area contributed by atoms with Gasteiger partial charge in [0.1, 0.15) is 5.75 Å². The Balaban J connectivity index is 1.33.